The first kappa shape index (κ1) is 13.2. The Morgan fingerprint density at radius 3 is 2.56 bits per heavy atom. The second-order valence-corrected chi connectivity index (χ2v) is 5.51. The summed E-state index contributed by atoms with van der Waals surface area (Å²) < 4.78 is 0. The number of nitrogens with zero attached hydrogens (tertiary/aromatic N) is 1. The molecule has 1 aliphatic carbocycles. The first-order valence-corrected chi connectivity index (χ1v) is 6.68. The minimum atomic E-state index is -0.787. The molecule has 0 radical (unpaired) electrons. The van der Waals surface area contributed by atoms with Crippen LogP contribution >= 0.6 is 11.6 Å². The Hall–Kier alpha value is -1.22. The summed E-state index contributed by atoms with van der Waals surface area (Å²) in [6, 6.07) is 7.74. The van der Waals surface area contributed by atoms with Crippen molar-refractivity contribution in [1.82, 2.24) is 0 Å². The zero-order valence-corrected chi connectivity index (χ0v) is 11.2. The van der Waals surface area contributed by atoms with Gasteiger partial charge in [-0.1, -0.05) is 18.5 Å². The molecule has 2 rings (SSSR count). The molecule has 0 bridgehead atoms. The molecule has 3 nitrogen and oxygen atoms in total. The molecular weight excluding hydrogens is 250 g/mol. The van der Waals surface area contributed by atoms with Gasteiger partial charge in [-0.05, 0) is 49.4 Å². The van der Waals surface area contributed by atoms with Gasteiger partial charge in [0.05, 0.1) is 0 Å². The minimum Gasteiger partial charge on any atom is -0.480 e. The second-order valence-electron chi connectivity index (χ2n) is 5.07. The van der Waals surface area contributed by atoms with Gasteiger partial charge in [-0.2, -0.15) is 0 Å². The second kappa shape index (κ2) is 5.61. The van der Waals surface area contributed by atoms with Gasteiger partial charge in [-0.25, -0.2) is 0 Å². The Bertz CT molecular complexity index is 418. The van der Waals surface area contributed by atoms with Crippen LogP contribution in [0, 0.1) is 5.92 Å². The number of aliphatic carboxylic acids is 1. The number of carbonyl (C=O) groups is 1. The number of hydrogen-bond acceptors (Lipinski definition) is 2. The molecule has 2 atom stereocenters. The number of carboxylic acid groups (broad SMARTS) is 1. The highest BCUT2D eigenvalue weighted by atomic mass is 35.5. The summed E-state index contributed by atoms with van der Waals surface area (Å²) in [5.41, 5.74) is 0.945. The molecule has 98 valence electrons. The molecule has 0 heterocycles. The topological polar surface area (TPSA) is 40.5 Å². The van der Waals surface area contributed by atoms with E-state index in [1.807, 2.05) is 29.2 Å². The molecule has 1 aromatic rings. The molecule has 1 fully saturated rings. The van der Waals surface area contributed by atoms with Crippen molar-refractivity contribution in [2.75, 3.05) is 11.4 Å². The van der Waals surface area contributed by atoms with Crippen LogP contribution in [0.5, 0.6) is 0 Å². The van der Waals surface area contributed by atoms with E-state index in [9.17, 15) is 4.79 Å². The molecule has 18 heavy (non-hydrogen) atoms. The minimum absolute atomic E-state index is 0.0546. The summed E-state index contributed by atoms with van der Waals surface area (Å²) >= 11 is 5.87. The number of anilines is 1. The van der Waals surface area contributed by atoms with Crippen molar-refractivity contribution in [2.45, 2.75) is 32.2 Å². The van der Waals surface area contributed by atoms with E-state index in [-0.39, 0.29) is 6.54 Å². The number of hydrogen-bond donors (Lipinski definition) is 1. The van der Waals surface area contributed by atoms with E-state index < -0.39 is 5.97 Å². The lowest BCUT2D eigenvalue weighted by Crippen LogP contribution is -2.37. The quantitative estimate of drug-likeness (QED) is 0.909. The van der Waals surface area contributed by atoms with Crippen LogP contribution in [-0.4, -0.2) is 23.7 Å². The van der Waals surface area contributed by atoms with Gasteiger partial charge in [0.2, 0.25) is 0 Å². The maximum atomic E-state index is 11.0. The fourth-order valence-corrected chi connectivity index (χ4v) is 2.80. The van der Waals surface area contributed by atoms with E-state index in [4.69, 9.17) is 16.7 Å². The van der Waals surface area contributed by atoms with E-state index in [0.29, 0.717) is 17.0 Å². The molecule has 1 aromatic carbocycles. The van der Waals surface area contributed by atoms with Gasteiger partial charge in [0.25, 0.3) is 0 Å². The largest absolute Gasteiger partial charge is 0.480 e. The normalized spacial score (nSPS) is 23.0. The van der Waals surface area contributed by atoms with Crippen LogP contribution in [0.4, 0.5) is 5.69 Å². The summed E-state index contributed by atoms with van der Waals surface area (Å²) in [4.78, 5) is 13.0. The fourth-order valence-electron chi connectivity index (χ4n) is 2.67. The van der Waals surface area contributed by atoms with E-state index in [1.165, 1.54) is 6.42 Å². The first-order chi connectivity index (χ1) is 8.56. The highest BCUT2D eigenvalue weighted by molar-refractivity contribution is 6.30. The Kier molecular flexibility index (Phi) is 4.12. The lowest BCUT2D eigenvalue weighted by molar-refractivity contribution is -0.135. The molecule has 1 saturated carbocycles. The number of halogens is 1. The van der Waals surface area contributed by atoms with Crippen LogP contribution in [0.25, 0.3) is 0 Å². The van der Waals surface area contributed by atoms with Crippen molar-refractivity contribution in [3.63, 3.8) is 0 Å². The molecule has 0 spiro atoms. The van der Waals surface area contributed by atoms with Gasteiger partial charge >= 0.3 is 5.97 Å². The molecule has 1 aliphatic rings. The van der Waals surface area contributed by atoms with Crippen molar-refractivity contribution >= 4 is 23.3 Å². The van der Waals surface area contributed by atoms with Gasteiger partial charge in [-0.15, -0.1) is 0 Å². The molecule has 0 amide bonds. The summed E-state index contributed by atoms with van der Waals surface area (Å²) in [5, 5.41) is 9.73. The SMILES string of the molecule is CC1CCC(N(CC(=O)O)c2ccc(Cl)cc2)C1. The molecule has 0 saturated heterocycles. The van der Waals surface area contributed by atoms with Crippen LogP contribution in [0.1, 0.15) is 26.2 Å². The third-order valence-electron chi connectivity index (χ3n) is 3.57. The van der Waals surface area contributed by atoms with Crippen LogP contribution < -0.4 is 4.90 Å². The number of benzene rings is 1. The predicted molar refractivity (Wildman–Crippen MR) is 73.2 cm³/mol. The van der Waals surface area contributed by atoms with Crippen LogP contribution in [0.2, 0.25) is 5.02 Å². The molecule has 0 aromatic heterocycles. The number of carboxylic acids is 1. The summed E-state index contributed by atoms with van der Waals surface area (Å²) in [6.07, 6.45) is 3.31. The van der Waals surface area contributed by atoms with Gasteiger partial charge in [-0.3, -0.25) is 4.79 Å². The van der Waals surface area contributed by atoms with Gasteiger partial charge in [0.1, 0.15) is 6.54 Å². The summed E-state index contributed by atoms with van der Waals surface area (Å²) in [5.74, 6) is -0.108. The lowest BCUT2D eigenvalue weighted by Gasteiger charge is -2.29. The monoisotopic (exact) mass is 267 g/mol. The van der Waals surface area contributed by atoms with Gasteiger partial charge in [0.15, 0.2) is 0 Å². The van der Waals surface area contributed by atoms with E-state index in [0.717, 1.165) is 18.5 Å². The fraction of sp³-hybridized carbons (Fsp3) is 0.500. The van der Waals surface area contributed by atoms with Crippen LogP contribution in [0.15, 0.2) is 24.3 Å². The zero-order valence-electron chi connectivity index (χ0n) is 10.5. The number of rotatable bonds is 4. The Morgan fingerprint density at radius 2 is 2.06 bits per heavy atom. The smallest absolute Gasteiger partial charge is 0.323 e. The molecule has 2 unspecified atom stereocenters. The average molecular weight is 268 g/mol. The maximum absolute atomic E-state index is 11.0. The summed E-state index contributed by atoms with van der Waals surface area (Å²) in [6.45, 7) is 2.28. The van der Waals surface area contributed by atoms with E-state index in [2.05, 4.69) is 6.92 Å². The van der Waals surface area contributed by atoms with Crippen LogP contribution in [0.3, 0.4) is 0 Å². The molecular formula is C14H18ClNO2. The van der Waals surface area contributed by atoms with E-state index in [1.54, 1.807) is 0 Å². The van der Waals surface area contributed by atoms with Crippen molar-refractivity contribution in [3.8, 4) is 0 Å². The van der Waals surface area contributed by atoms with Crippen LogP contribution in [-0.2, 0) is 4.79 Å². The van der Waals surface area contributed by atoms with Gasteiger partial charge in [0, 0.05) is 16.8 Å². The maximum Gasteiger partial charge on any atom is 0.323 e. The lowest BCUT2D eigenvalue weighted by atomic mass is 10.1. The van der Waals surface area contributed by atoms with Crippen molar-refractivity contribution < 1.29 is 9.90 Å². The predicted octanol–water partition coefficient (Wildman–Crippen LogP) is 3.42. The molecule has 0 aliphatic heterocycles. The van der Waals surface area contributed by atoms with Crippen molar-refractivity contribution in [1.29, 1.82) is 0 Å². The zero-order chi connectivity index (χ0) is 13.1. The molecule has 4 heteroatoms. The van der Waals surface area contributed by atoms with E-state index >= 15 is 0 Å². The average Bonchev–Trinajstić information content (AvgIpc) is 2.74. The van der Waals surface area contributed by atoms with Crippen molar-refractivity contribution in [3.05, 3.63) is 29.3 Å². The third kappa shape index (κ3) is 3.16. The third-order valence-corrected chi connectivity index (χ3v) is 3.82. The Balaban J connectivity index is 2.19. The highest BCUT2D eigenvalue weighted by Gasteiger charge is 2.28. The summed E-state index contributed by atoms with van der Waals surface area (Å²) in [7, 11) is 0. The van der Waals surface area contributed by atoms with Crippen molar-refractivity contribution in [2.24, 2.45) is 5.92 Å². The molecule has 1 N–H and O–H groups in total. The Labute approximate surface area is 112 Å². The standard InChI is InChI=1S/C14H18ClNO2/c1-10-2-5-13(8-10)16(9-14(17)18)12-6-3-11(15)4-7-12/h3-4,6-7,10,13H,2,5,8-9H2,1H3,(H,17,18). The van der Waals surface area contributed by atoms with Gasteiger partial charge < -0.3 is 10.0 Å². The first-order valence-electron chi connectivity index (χ1n) is 6.30. The Morgan fingerprint density at radius 1 is 1.39 bits per heavy atom. The highest BCUT2D eigenvalue weighted by Crippen LogP contribution is 2.32.